The van der Waals surface area contributed by atoms with E-state index in [-0.39, 0.29) is 4.99 Å². The van der Waals surface area contributed by atoms with Gasteiger partial charge in [0.15, 0.2) is 0 Å². The molecule has 0 saturated heterocycles. The fourth-order valence-corrected chi connectivity index (χ4v) is 1.95. The maximum atomic E-state index is 5.41. The normalized spacial score (nSPS) is 10.5. The first-order chi connectivity index (χ1) is 7.20. The molecule has 2 heterocycles. The molecular formula is C8H9N5S2. The van der Waals surface area contributed by atoms with Crippen molar-refractivity contribution in [2.75, 3.05) is 0 Å². The van der Waals surface area contributed by atoms with Gasteiger partial charge in [0.05, 0.1) is 5.69 Å². The molecule has 0 bridgehead atoms. The zero-order valence-electron chi connectivity index (χ0n) is 8.04. The number of thiocarbonyl (C=S) groups is 1. The van der Waals surface area contributed by atoms with Gasteiger partial charge in [0.2, 0.25) is 11.0 Å². The smallest absolute Gasteiger partial charge is 0.212 e. The van der Waals surface area contributed by atoms with E-state index in [1.54, 1.807) is 11.0 Å². The standard InChI is InChI=1S/C8H9N5S2/c1-2-5-3-15-8(11-5)13-4-10-7(12-13)6(9)14/h3-4H,2H2,1H3,(H2,9,14). The Hall–Kier alpha value is -1.34. The average molecular weight is 239 g/mol. The lowest BCUT2D eigenvalue weighted by molar-refractivity contribution is 0.854. The summed E-state index contributed by atoms with van der Waals surface area (Å²) in [5.41, 5.74) is 6.46. The van der Waals surface area contributed by atoms with Crippen LogP contribution in [0.25, 0.3) is 5.13 Å². The molecule has 15 heavy (non-hydrogen) atoms. The maximum absolute atomic E-state index is 5.41. The molecule has 5 nitrogen and oxygen atoms in total. The van der Waals surface area contributed by atoms with Crippen LogP contribution in [0.1, 0.15) is 18.4 Å². The monoisotopic (exact) mass is 239 g/mol. The second-order valence-electron chi connectivity index (χ2n) is 2.85. The third-order valence-electron chi connectivity index (χ3n) is 1.81. The fourth-order valence-electron chi connectivity index (χ4n) is 1.03. The van der Waals surface area contributed by atoms with Crippen molar-refractivity contribution < 1.29 is 0 Å². The Labute approximate surface area is 96.0 Å². The Kier molecular flexibility index (Phi) is 2.74. The van der Waals surface area contributed by atoms with Crippen molar-refractivity contribution in [1.29, 1.82) is 0 Å². The summed E-state index contributed by atoms with van der Waals surface area (Å²) < 4.78 is 1.58. The summed E-state index contributed by atoms with van der Waals surface area (Å²) in [4.78, 5) is 8.54. The van der Waals surface area contributed by atoms with E-state index in [2.05, 4.69) is 22.0 Å². The van der Waals surface area contributed by atoms with E-state index in [0.29, 0.717) is 5.82 Å². The van der Waals surface area contributed by atoms with Crippen molar-refractivity contribution >= 4 is 28.5 Å². The number of nitrogens with zero attached hydrogens (tertiary/aromatic N) is 4. The molecule has 0 fully saturated rings. The lowest BCUT2D eigenvalue weighted by Crippen LogP contribution is -2.12. The van der Waals surface area contributed by atoms with E-state index in [4.69, 9.17) is 18.0 Å². The molecule has 0 aliphatic rings. The minimum atomic E-state index is 0.195. The minimum Gasteiger partial charge on any atom is -0.387 e. The highest BCUT2D eigenvalue weighted by molar-refractivity contribution is 7.80. The van der Waals surface area contributed by atoms with Crippen LogP contribution < -0.4 is 5.73 Å². The predicted molar refractivity (Wildman–Crippen MR) is 62.3 cm³/mol. The van der Waals surface area contributed by atoms with Gasteiger partial charge in [0, 0.05) is 5.38 Å². The zero-order chi connectivity index (χ0) is 10.8. The van der Waals surface area contributed by atoms with Crippen molar-refractivity contribution in [3.8, 4) is 5.13 Å². The van der Waals surface area contributed by atoms with Gasteiger partial charge in [-0.1, -0.05) is 19.1 Å². The van der Waals surface area contributed by atoms with E-state index >= 15 is 0 Å². The van der Waals surface area contributed by atoms with Gasteiger partial charge in [-0.3, -0.25) is 0 Å². The van der Waals surface area contributed by atoms with Crippen molar-refractivity contribution in [3.63, 3.8) is 0 Å². The quantitative estimate of drug-likeness (QED) is 0.807. The predicted octanol–water partition coefficient (Wildman–Crippen LogP) is 0.920. The number of hydrogen-bond donors (Lipinski definition) is 1. The molecule has 2 aromatic heterocycles. The van der Waals surface area contributed by atoms with Crippen LogP contribution in [0, 0.1) is 0 Å². The van der Waals surface area contributed by atoms with E-state index in [0.717, 1.165) is 17.2 Å². The third-order valence-corrected chi connectivity index (χ3v) is 2.87. The van der Waals surface area contributed by atoms with Crippen molar-refractivity contribution in [2.24, 2.45) is 5.73 Å². The van der Waals surface area contributed by atoms with Crippen LogP contribution in [0.3, 0.4) is 0 Å². The summed E-state index contributed by atoms with van der Waals surface area (Å²) in [6, 6.07) is 0. The molecule has 0 saturated carbocycles. The second-order valence-corrected chi connectivity index (χ2v) is 4.13. The van der Waals surface area contributed by atoms with Crippen molar-refractivity contribution in [3.05, 3.63) is 23.2 Å². The van der Waals surface area contributed by atoms with Crippen LogP contribution in [0.4, 0.5) is 0 Å². The highest BCUT2D eigenvalue weighted by Gasteiger charge is 2.07. The van der Waals surface area contributed by atoms with Gasteiger partial charge < -0.3 is 5.73 Å². The van der Waals surface area contributed by atoms with Gasteiger partial charge in [-0.25, -0.2) is 9.97 Å². The van der Waals surface area contributed by atoms with E-state index in [1.165, 1.54) is 11.3 Å². The Balaban J connectivity index is 2.32. The van der Waals surface area contributed by atoms with Crippen LogP contribution in [0.15, 0.2) is 11.7 Å². The third kappa shape index (κ3) is 2.02. The number of nitrogens with two attached hydrogens (primary N) is 1. The molecule has 0 radical (unpaired) electrons. The van der Waals surface area contributed by atoms with E-state index in [9.17, 15) is 0 Å². The summed E-state index contributed by atoms with van der Waals surface area (Å²) in [6.45, 7) is 2.06. The molecule has 0 unspecified atom stereocenters. The van der Waals surface area contributed by atoms with Crippen LogP contribution in [0.2, 0.25) is 0 Å². The number of hydrogen-bond acceptors (Lipinski definition) is 5. The number of thiazole rings is 1. The molecule has 2 aromatic rings. The fraction of sp³-hybridized carbons (Fsp3) is 0.250. The van der Waals surface area contributed by atoms with Crippen LogP contribution in [-0.4, -0.2) is 24.7 Å². The molecular weight excluding hydrogens is 230 g/mol. The molecule has 0 aliphatic heterocycles. The zero-order valence-corrected chi connectivity index (χ0v) is 9.68. The summed E-state index contributed by atoms with van der Waals surface area (Å²) in [7, 11) is 0. The molecule has 7 heteroatoms. The van der Waals surface area contributed by atoms with Gasteiger partial charge in [-0.2, -0.15) is 4.68 Å². The van der Waals surface area contributed by atoms with Crippen molar-refractivity contribution in [1.82, 2.24) is 19.7 Å². The first kappa shape index (κ1) is 10.2. The van der Waals surface area contributed by atoms with Gasteiger partial charge in [0.25, 0.3) is 0 Å². The summed E-state index contributed by atoms with van der Waals surface area (Å²) >= 11 is 6.29. The minimum absolute atomic E-state index is 0.195. The summed E-state index contributed by atoms with van der Waals surface area (Å²) in [6.07, 6.45) is 2.47. The Morgan fingerprint density at radius 2 is 2.47 bits per heavy atom. The number of aryl methyl sites for hydroxylation is 1. The number of aromatic nitrogens is 4. The molecule has 2 rings (SSSR count). The molecule has 0 spiro atoms. The second kappa shape index (κ2) is 4.03. The first-order valence-electron chi connectivity index (χ1n) is 4.37. The Morgan fingerprint density at radius 3 is 3.00 bits per heavy atom. The largest absolute Gasteiger partial charge is 0.387 e. The highest BCUT2D eigenvalue weighted by Crippen LogP contribution is 2.13. The lowest BCUT2D eigenvalue weighted by Gasteiger charge is -1.91. The van der Waals surface area contributed by atoms with Gasteiger partial charge in [0.1, 0.15) is 11.3 Å². The lowest BCUT2D eigenvalue weighted by atomic mass is 10.4. The molecule has 78 valence electrons. The Bertz CT molecular complexity index is 487. The molecule has 0 atom stereocenters. The topological polar surface area (TPSA) is 69.6 Å². The summed E-state index contributed by atoms with van der Waals surface area (Å²) in [5.74, 6) is 0.373. The van der Waals surface area contributed by atoms with E-state index < -0.39 is 0 Å². The van der Waals surface area contributed by atoms with E-state index in [1.807, 2.05) is 5.38 Å². The summed E-state index contributed by atoms with van der Waals surface area (Å²) in [5, 5.41) is 6.89. The van der Waals surface area contributed by atoms with Gasteiger partial charge in [-0.05, 0) is 6.42 Å². The van der Waals surface area contributed by atoms with Crippen molar-refractivity contribution in [2.45, 2.75) is 13.3 Å². The number of rotatable bonds is 3. The van der Waals surface area contributed by atoms with Crippen LogP contribution in [0.5, 0.6) is 0 Å². The molecule has 0 amide bonds. The molecule has 0 aliphatic carbocycles. The highest BCUT2D eigenvalue weighted by atomic mass is 32.1. The molecule has 0 aromatic carbocycles. The van der Waals surface area contributed by atoms with Crippen LogP contribution in [-0.2, 0) is 6.42 Å². The Morgan fingerprint density at radius 1 is 1.67 bits per heavy atom. The van der Waals surface area contributed by atoms with Gasteiger partial charge >= 0.3 is 0 Å². The average Bonchev–Trinajstić information content (AvgIpc) is 2.86. The van der Waals surface area contributed by atoms with Gasteiger partial charge in [-0.15, -0.1) is 16.4 Å². The first-order valence-corrected chi connectivity index (χ1v) is 5.65. The van der Waals surface area contributed by atoms with Crippen LogP contribution >= 0.6 is 23.6 Å². The maximum Gasteiger partial charge on any atom is 0.212 e. The molecule has 2 N–H and O–H groups in total. The SMILES string of the molecule is CCc1csc(-n2cnc(C(N)=S)n2)n1.